The van der Waals surface area contributed by atoms with Gasteiger partial charge in [-0.25, -0.2) is 0 Å². The highest BCUT2D eigenvalue weighted by Crippen LogP contribution is 2.16. The van der Waals surface area contributed by atoms with E-state index < -0.39 is 15.1 Å². The van der Waals surface area contributed by atoms with Gasteiger partial charge in [-0.1, -0.05) is 9.71 Å². The predicted molar refractivity (Wildman–Crippen MR) is 33.8 cm³/mol. The molecule has 0 fully saturated rings. The second kappa shape index (κ2) is 2.31. The summed E-state index contributed by atoms with van der Waals surface area (Å²) >= 11 is 0. The normalized spacial score (nSPS) is 11.9. The Morgan fingerprint density at radius 3 is 2.09 bits per heavy atom. The Morgan fingerprint density at radius 2 is 1.91 bits per heavy atom. The number of rotatable bonds is 1. The van der Waals surface area contributed by atoms with Crippen LogP contribution in [-0.4, -0.2) is 13.6 Å². The highest BCUT2D eigenvalue weighted by atomic mass is 32.2. The predicted octanol–water partition coefficient (Wildman–Crippen LogP) is 0.411. The minimum atomic E-state index is -4.47. The van der Waals surface area contributed by atoms with Gasteiger partial charge in [-0.3, -0.25) is 0 Å². The van der Waals surface area contributed by atoms with Crippen molar-refractivity contribution in [3.63, 3.8) is 0 Å². The van der Waals surface area contributed by atoms with E-state index in [9.17, 15) is 13.0 Å². The second-order valence-electron chi connectivity index (χ2n) is 2.12. The quantitative estimate of drug-likeness (QED) is 0.620. The third kappa shape index (κ3) is 1.41. The minimum Gasteiger partial charge on any atom is -0.360 e. The van der Waals surface area contributed by atoms with Crippen LogP contribution in [0.25, 0.3) is 0 Å². The molecule has 1 heterocycles. The van der Waals surface area contributed by atoms with Crippen molar-refractivity contribution in [3.8, 4) is 0 Å². The highest BCUT2D eigenvalue weighted by Gasteiger charge is 2.21. The zero-order valence-corrected chi connectivity index (χ0v) is 6.80. The molecule has 5 nitrogen and oxygen atoms in total. The SMILES string of the molecule is Cc1onc(S([O])(=O)=O)c1C. The lowest BCUT2D eigenvalue weighted by Crippen LogP contribution is -1.98. The summed E-state index contributed by atoms with van der Waals surface area (Å²) in [5, 5.41) is 2.59. The zero-order chi connectivity index (χ0) is 8.65. The van der Waals surface area contributed by atoms with Crippen LogP contribution in [0.5, 0.6) is 0 Å². The van der Waals surface area contributed by atoms with Crippen molar-refractivity contribution in [3.05, 3.63) is 11.3 Å². The topological polar surface area (TPSA) is 80.1 Å². The molecule has 11 heavy (non-hydrogen) atoms. The van der Waals surface area contributed by atoms with Gasteiger partial charge in [0.15, 0.2) is 0 Å². The first kappa shape index (κ1) is 8.22. The standard InChI is InChI=1S/C5H6NO4S/c1-3-4(2)10-6-5(3)11(7,8)9/h1-2H3. The van der Waals surface area contributed by atoms with Crippen LogP contribution in [0, 0.1) is 13.8 Å². The van der Waals surface area contributed by atoms with Crippen molar-refractivity contribution in [1.29, 1.82) is 0 Å². The van der Waals surface area contributed by atoms with Crippen LogP contribution in [0.4, 0.5) is 0 Å². The minimum absolute atomic E-state index is 0.278. The van der Waals surface area contributed by atoms with Crippen molar-refractivity contribution in [1.82, 2.24) is 5.16 Å². The van der Waals surface area contributed by atoms with Crippen LogP contribution in [0.1, 0.15) is 11.3 Å². The first-order valence-corrected chi connectivity index (χ1v) is 4.22. The molecule has 0 unspecified atom stereocenters. The summed E-state index contributed by atoms with van der Waals surface area (Å²) in [5.41, 5.74) is 0.278. The summed E-state index contributed by atoms with van der Waals surface area (Å²) in [6, 6.07) is 0. The number of aromatic nitrogens is 1. The second-order valence-corrected chi connectivity index (χ2v) is 3.42. The number of nitrogens with zero attached hydrogens (tertiary/aromatic N) is 1. The van der Waals surface area contributed by atoms with Crippen molar-refractivity contribution in [2.45, 2.75) is 18.9 Å². The zero-order valence-electron chi connectivity index (χ0n) is 5.99. The Bertz CT molecular complexity index is 364. The first-order chi connectivity index (χ1) is 4.93. The molecule has 0 amide bonds. The third-order valence-electron chi connectivity index (χ3n) is 1.35. The average molecular weight is 176 g/mol. The number of hydrogen-bond donors (Lipinski definition) is 0. The molecule has 0 saturated carbocycles. The molecule has 0 spiro atoms. The molecule has 0 aliphatic heterocycles. The van der Waals surface area contributed by atoms with Gasteiger partial charge in [-0.15, -0.1) is 0 Å². The lowest BCUT2D eigenvalue weighted by molar-refractivity contribution is 0.365. The molecule has 0 atom stereocenters. The molecule has 0 bridgehead atoms. The van der Waals surface area contributed by atoms with Crippen molar-refractivity contribution in [2.75, 3.05) is 0 Å². The summed E-state index contributed by atoms with van der Waals surface area (Å²) < 4.78 is 35.7. The summed E-state index contributed by atoms with van der Waals surface area (Å²) in [6.07, 6.45) is 0. The molecule has 6 heteroatoms. The molecule has 0 aliphatic rings. The smallest absolute Gasteiger partial charge is 0.345 e. The molecule has 0 N–H and O–H groups in total. The van der Waals surface area contributed by atoms with Crippen LogP contribution in [0.2, 0.25) is 0 Å². The fraction of sp³-hybridized carbons (Fsp3) is 0.400. The number of aryl methyl sites for hydroxylation is 1. The van der Waals surface area contributed by atoms with Gasteiger partial charge in [-0.2, -0.15) is 8.42 Å². The maximum absolute atomic E-state index is 10.4. The van der Waals surface area contributed by atoms with Gasteiger partial charge in [0, 0.05) is 5.56 Å². The van der Waals surface area contributed by atoms with Gasteiger partial charge in [0.25, 0.3) is 0 Å². The third-order valence-corrected chi connectivity index (χ3v) is 2.21. The molecule has 0 aromatic carbocycles. The summed E-state index contributed by atoms with van der Waals surface area (Å²) in [6.45, 7) is 3.01. The Hall–Kier alpha value is -0.880. The lowest BCUT2D eigenvalue weighted by Gasteiger charge is -1.86. The van der Waals surface area contributed by atoms with E-state index in [4.69, 9.17) is 0 Å². The number of hydrogen-bond acceptors (Lipinski definition) is 4. The molecule has 0 saturated heterocycles. The largest absolute Gasteiger partial charge is 0.360 e. The molecule has 1 radical (unpaired) electrons. The van der Waals surface area contributed by atoms with Crippen LogP contribution >= 0.6 is 0 Å². The van der Waals surface area contributed by atoms with Crippen LogP contribution < -0.4 is 0 Å². The van der Waals surface area contributed by atoms with Crippen molar-refractivity contribution < 1.29 is 17.5 Å². The van der Waals surface area contributed by atoms with E-state index in [1.165, 1.54) is 13.8 Å². The molecule has 0 aliphatic carbocycles. The summed E-state index contributed by atoms with van der Waals surface area (Å²) in [7, 11) is -4.47. The molecule has 1 aromatic rings. The molecule has 1 rings (SSSR count). The van der Waals surface area contributed by atoms with Crippen molar-refractivity contribution in [2.24, 2.45) is 0 Å². The van der Waals surface area contributed by atoms with E-state index in [0.29, 0.717) is 5.76 Å². The Morgan fingerprint density at radius 1 is 1.36 bits per heavy atom. The Balaban J connectivity index is 3.38. The van der Waals surface area contributed by atoms with Gasteiger partial charge in [-0.05, 0) is 13.8 Å². The van der Waals surface area contributed by atoms with E-state index in [1.54, 1.807) is 0 Å². The maximum Gasteiger partial charge on any atom is 0.345 e. The van der Waals surface area contributed by atoms with Crippen molar-refractivity contribution >= 4 is 10.1 Å². The van der Waals surface area contributed by atoms with E-state index in [-0.39, 0.29) is 5.56 Å². The van der Waals surface area contributed by atoms with Gasteiger partial charge in [0.2, 0.25) is 5.03 Å². The average Bonchev–Trinajstić information content (AvgIpc) is 2.11. The van der Waals surface area contributed by atoms with E-state index >= 15 is 0 Å². The van der Waals surface area contributed by atoms with Crippen LogP contribution in [0.3, 0.4) is 0 Å². The van der Waals surface area contributed by atoms with E-state index in [1.807, 2.05) is 0 Å². The molecular formula is C5H6NO4S. The van der Waals surface area contributed by atoms with E-state index in [2.05, 4.69) is 9.68 Å². The van der Waals surface area contributed by atoms with Crippen LogP contribution in [0.15, 0.2) is 9.55 Å². The molecule has 61 valence electrons. The fourth-order valence-corrected chi connectivity index (χ4v) is 1.28. The fourth-order valence-electron chi connectivity index (χ4n) is 0.631. The van der Waals surface area contributed by atoms with E-state index in [0.717, 1.165) is 0 Å². The Kier molecular flexibility index (Phi) is 1.73. The Labute approximate surface area is 63.8 Å². The van der Waals surface area contributed by atoms with Gasteiger partial charge < -0.3 is 4.52 Å². The molecule has 1 aromatic heterocycles. The first-order valence-electron chi connectivity index (χ1n) is 2.81. The summed E-state index contributed by atoms with van der Waals surface area (Å²) in [4.78, 5) is 0. The van der Waals surface area contributed by atoms with Gasteiger partial charge in [0.1, 0.15) is 5.76 Å². The maximum atomic E-state index is 10.4. The van der Waals surface area contributed by atoms with Gasteiger partial charge >= 0.3 is 10.1 Å². The highest BCUT2D eigenvalue weighted by molar-refractivity contribution is 7.85. The van der Waals surface area contributed by atoms with Gasteiger partial charge in [0.05, 0.1) is 0 Å². The monoisotopic (exact) mass is 176 g/mol. The van der Waals surface area contributed by atoms with Crippen LogP contribution in [-0.2, 0) is 14.7 Å². The lowest BCUT2D eigenvalue weighted by atomic mass is 10.3. The summed E-state index contributed by atoms with van der Waals surface area (Å²) in [5.74, 6) is 0.347. The molecular weight excluding hydrogens is 170 g/mol.